The summed E-state index contributed by atoms with van der Waals surface area (Å²) in [4.78, 5) is 14.9. The van der Waals surface area contributed by atoms with E-state index in [2.05, 4.69) is 9.29 Å². The number of benzene rings is 1. The van der Waals surface area contributed by atoms with Crippen molar-refractivity contribution in [2.24, 2.45) is 0 Å². The van der Waals surface area contributed by atoms with Gasteiger partial charge in [0.15, 0.2) is 0 Å². The van der Waals surface area contributed by atoms with Crippen LogP contribution < -0.4 is 9.62 Å². The molecule has 2 heterocycles. The van der Waals surface area contributed by atoms with Crippen LogP contribution in [0.2, 0.25) is 0 Å². The van der Waals surface area contributed by atoms with E-state index in [9.17, 15) is 13.2 Å². The van der Waals surface area contributed by atoms with Gasteiger partial charge in [-0.15, -0.1) is 0 Å². The first-order valence-electron chi connectivity index (χ1n) is 8.35. The molecule has 0 spiro atoms. The molecule has 1 amide bonds. The van der Waals surface area contributed by atoms with Crippen LogP contribution in [0.15, 0.2) is 29.2 Å². The monoisotopic (exact) mass is 361 g/mol. The zero-order valence-corrected chi connectivity index (χ0v) is 15.8. The molecule has 1 aliphatic rings. The zero-order valence-electron chi connectivity index (χ0n) is 15.0. The van der Waals surface area contributed by atoms with E-state index < -0.39 is 10.0 Å². The highest BCUT2D eigenvalue weighted by Gasteiger charge is 2.29. The molecule has 7 heteroatoms. The number of hydrogen-bond acceptors (Lipinski definition) is 3. The molecule has 134 valence electrons. The molecule has 6 nitrogen and oxygen atoms in total. The number of nitrogens with one attached hydrogen (secondary N) is 1. The van der Waals surface area contributed by atoms with Crippen molar-refractivity contribution < 1.29 is 13.2 Å². The lowest BCUT2D eigenvalue weighted by atomic mass is 10.1. The number of aryl methyl sites for hydroxylation is 1. The standard InChI is InChI=1S/C18H23N3O3S/c1-5-20-12(2)10-16(13(20)3)18(22)21-9-8-14-6-7-15(11-17(14)21)25(23,24)19-4/h6-7,10-11,19H,5,8-9H2,1-4H3. The first-order chi connectivity index (χ1) is 11.8. The van der Waals surface area contributed by atoms with Gasteiger partial charge in [-0.1, -0.05) is 6.07 Å². The van der Waals surface area contributed by atoms with Gasteiger partial charge in [-0.05, 0) is 58.0 Å². The van der Waals surface area contributed by atoms with Crippen molar-refractivity contribution in [1.29, 1.82) is 0 Å². The molecular formula is C18H23N3O3S. The van der Waals surface area contributed by atoms with Gasteiger partial charge < -0.3 is 9.47 Å². The molecule has 25 heavy (non-hydrogen) atoms. The number of amides is 1. The van der Waals surface area contributed by atoms with Gasteiger partial charge >= 0.3 is 0 Å². The number of hydrogen-bond donors (Lipinski definition) is 1. The van der Waals surface area contributed by atoms with E-state index >= 15 is 0 Å². The van der Waals surface area contributed by atoms with Gasteiger partial charge in [0.25, 0.3) is 5.91 Å². The number of carbonyl (C=O) groups excluding carboxylic acids is 1. The highest BCUT2D eigenvalue weighted by molar-refractivity contribution is 7.89. The van der Waals surface area contributed by atoms with Crippen molar-refractivity contribution in [2.45, 2.75) is 38.6 Å². The Hall–Kier alpha value is -2.12. The van der Waals surface area contributed by atoms with Crippen LogP contribution in [0.3, 0.4) is 0 Å². The van der Waals surface area contributed by atoms with Crippen molar-refractivity contribution in [3.63, 3.8) is 0 Å². The Bertz CT molecular complexity index is 945. The van der Waals surface area contributed by atoms with Crippen LogP contribution in [0, 0.1) is 13.8 Å². The van der Waals surface area contributed by atoms with Gasteiger partial charge in [-0.2, -0.15) is 0 Å². The largest absolute Gasteiger partial charge is 0.349 e. The third kappa shape index (κ3) is 2.87. The van der Waals surface area contributed by atoms with Crippen LogP contribution in [0.1, 0.15) is 34.2 Å². The second-order valence-electron chi connectivity index (χ2n) is 6.23. The number of sulfonamides is 1. The Morgan fingerprint density at radius 2 is 1.96 bits per heavy atom. The maximum Gasteiger partial charge on any atom is 0.260 e. The molecule has 1 aliphatic heterocycles. The molecule has 0 saturated carbocycles. The van der Waals surface area contributed by atoms with Crippen LogP contribution in [0.25, 0.3) is 0 Å². The molecule has 3 rings (SSSR count). The summed E-state index contributed by atoms with van der Waals surface area (Å²) in [7, 11) is -2.16. The molecule has 2 aromatic rings. The topological polar surface area (TPSA) is 71.4 Å². The Balaban J connectivity index is 2.03. The van der Waals surface area contributed by atoms with Crippen molar-refractivity contribution in [2.75, 3.05) is 18.5 Å². The van der Waals surface area contributed by atoms with Crippen LogP contribution >= 0.6 is 0 Å². The fourth-order valence-electron chi connectivity index (χ4n) is 3.50. The minimum atomic E-state index is -3.54. The van der Waals surface area contributed by atoms with Gasteiger partial charge in [0.05, 0.1) is 10.5 Å². The van der Waals surface area contributed by atoms with Crippen LogP contribution in [-0.2, 0) is 23.0 Å². The summed E-state index contributed by atoms with van der Waals surface area (Å²) in [5.74, 6) is -0.0782. The average molecular weight is 361 g/mol. The molecule has 0 bridgehead atoms. The van der Waals surface area contributed by atoms with E-state index in [4.69, 9.17) is 0 Å². The first-order valence-corrected chi connectivity index (χ1v) is 9.83. The Morgan fingerprint density at radius 3 is 2.56 bits per heavy atom. The SMILES string of the molecule is CCn1c(C)cc(C(=O)N2CCc3ccc(S(=O)(=O)NC)cc32)c1C. The highest BCUT2D eigenvalue weighted by atomic mass is 32.2. The molecule has 1 N–H and O–H groups in total. The van der Waals surface area contributed by atoms with Crippen LogP contribution in [0.5, 0.6) is 0 Å². The molecule has 1 aromatic heterocycles. The van der Waals surface area contributed by atoms with E-state index in [1.54, 1.807) is 23.1 Å². The molecule has 0 radical (unpaired) electrons. The smallest absolute Gasteiger partial charge is 0.260 e. The van der Waals surface area contributed by atoms with Gasteiger partial charge in [-0.3, -0.25) is 4.79 Å². The van der Waals surface area contributed by atoms with Crippen molar-refractivity contribution in [3.8, 4) is 0 Å². The van der Waals surface area contributed by atoms with Crippen molar-refractivity contribution >= 4 is 21.6 Å². The molecule has 0 fully saturated rings. The lowest BCUT2D eigenvalue weighted by molar-refractivity contribution is 0.0988. The summed E-state index contributed by atoms with van der Waals surface area (Å²) in [6.45, 7) is 7.36. The fourth-order valence-corrected chi connectivity index (χ4v) is 4.25. The molecule has 0 saturated heterocycles. The summed E-state index contributed by atoms with van der Waals surface area (Å²) in [6, 6.07) is 6.88. The summed E-state index contributed by atoms with van der Waals surface area (Å²) < 4.78 is 28.6. The first kappa shape index (κ1) is 17.7. The number of nitrogens with zero attached hydrogens (tertiary/aromatic N) is 2. The molecule has 0 aliphatic carbocycles. The summed E-state index contributed by atoms with van der Waals surface area (Å²) in [5.41, 5.74) is 4.34. The number of carbonyl (C=O) groups is 1. The second kappa shape index (κ2) is 6.31. The minimum Gasteiger partial charge on any atom is -0.349 e. The summed E-state index contributed by atoms with van der Waals surface area (Å²) in [6.07, 6.45) is 0.730. The maximum atomic E-state index is 13.1. The lowest BCUT2D eigenvalue weighted by Gasteiger charge is -2.18. The highest BCUT2D eigenvalue weighted by Crippen LogP contribution is 2.32. The van der Waals surface area contributed by atoms with E-state index in [1.807, 2.05) is 26.8 Å². The quantitative estimate of drug-likeness (QED) is 0.908. The number of rotatable bonds is 4. The van der Waals surface area contributed by atoms with Gasteiger partial charge in [0.1, 0.15) is 0 Å². The van der Waals surface area contributed by atoms with E-state index in [0.29, 0.717) is 17.8 Å². The van der Waals surface area contributed by atoms with Crippen LogP contribution in [0.4, 0.5) is 5.69 Å². The van der Waals surface area contributed by atoms with Crippen molar-refractivity contribution in [3.05, 3.63) is 46.8 Å². The second-order valence-corrected chi connectivity index (χ2v) is 8.12. The third-order valence-electron chi connectivity index (χ3n) is 4.90. The predicted octanol–water partition coefficient (Wildman–Crippen LogP) is 2.24. The Labute approximate surface area is 148 Å². The summed E-state index contributed by atoms with van der Waals surface area (Å²) >= 11 is 0. The molecule has 1 aromatic carbocycles. The van der Waals surface area contributed by atoms with E-state index in [-0.39, 0.29) is 10.8 Å². The third-order valence-corrected chi connectivity index (χ3v) is 6.31. The number of aromatic nitrogens is 1. The predicted molar refractivity (Wildman–Crippen MR) is 97.6 cm³/mol. The minimum absolute atomic E-state index is 0.0782. The van der Waals surface area contributed by atoms with Gasteiger partial charge in [0.2, 0.25) is 10.0 Å². The lowest BCUT2D eigenvalue weighted by Crippen LogP contribution is -2.29. The maximum absolute atomic E-state index is 13.1. The summed E-state index contributed by atoms with van der Waals surface area (Å²) in [5, 5.41) is 0. The van der Waals surface area contributed by atoms with Gasteiger partial charge in [0, 0.05) is 30.2 Å². The molecule has 0 unspecified atom stereocenters. The molecule has 0 atom stereocenters. The van der Waals surface area contributed by atoms with Crippen LogP contribution in [-0.4, -0.2) is 32.5 Å². The zero-order chi connectivity index (χ0) is 18.4. The van der Waals surface area contributed by atoms with E-state index in [1.165, 1.54) is 7.05 Å². The number of fused-ring (bicyclic) bond motifs is 1. The number of anilines is 1. The Morgan fingerprint density at radius 1 is 1.24 bits per heavy atom. The van der Waals surface area contributed by atoms with Crippen molar-refractivity contribution in [1.82, 2.24) is 9.29 Å². The normalized spacial score (nSPS) is 14.0. The Kier molecular flexibility index (Phi) is 4.47. The van der Waals surface area contributed by atoms with Gasteiger partial charge in [-0.25, -0.2) is 13.1 Å². The average Bonchev–Trinajstić information content (AvgIpc) is 3.14. The molecular weight excluding hydrogens is 338 g/mol. The van der Waals surface area contributed by atoms with E-state index in [0.717, 1.165) is 29.9 Å². The fraction of sp³-hybridized carbons (Fsp3) is 0.389.